The van der Waals surface area contributed by atoms with Crippen LogP contribution < -0.4 is 0 Å². The molecule has 40 heavy (non-hydrogen) atoms. The Morgan fingerprint density at radius 1 is 0.825 bits per heavy atom. The molecule has 11 nitrogen and oxygen atoms in total. The van der Waals surface area contributed by atoms with Gasteiger partial charge >= 0.3 is 0 Å². The maximum absolute atomic E-state index is 11.3. The second kappa shape index (κ2) is 13.6. The lowest BCUT2D eigenvalue weighted by Gasteiger charge is -2.49. The third-order valence-electron chi connectivity index (χ3n) is 7.15. The lowest BCUT2D eigenvalue weighted by molar-refractivity contribution is -0.388. The number of aliphatic hydroxyl groups excluding tert-OH is 4. The SMILES string of the molecule is C=CCO[C@@H]1[C@@H](O)[C@H](O[C@H]2[C@H](O)[C@@H](O)[C@@H](OCc3ccccc3)O[C@@H]2CO)O[C@@H]2COC(c3ccccc3)O[C@H]12. The summed E-state index contributed by atoms with van der Waals surface area (Å²) < 4.78 is 41.4. The molecule has 3 saturated heterocycles. The van der Waals surface area contributed by atoms with Crippen molar-refractivity contribution in [1.29, 1.82) is 0 Å². The normalized spacial score (nSPS) is 38.0. The number of benzene rings is 2. The van der Waals surface area contributed by atoms with E-state index in [1.54, 1.807) is 6.08 Å². The van der Waals surface area contributed by atoms with Gasteiger partial charge in [-0.3, -0.25) is 0 Å². The summed E-state index contributed by atoms with van der Waals surface area (Å²) in [6.45, 7) is 3.51. The van der Waals surface area contributed by atoms with Crippen LogP contribution >= 0.6 is 0 Å². The van der Waals surface area contributed by atoms with Crippen LogP contribution in [0.25, 0.3) is 0 Å². The number of fused-ring (bicyclic) bond motifs is 1. The molecule has 3 heterocycles. The molecule has 3 fully saturated rings. The lowest BCUT2D eigenvalue weighted by atomic mass is 9.96. The van der Waals surface area contributed by atoms with Gasteiger partial charge in [0.1, 0.15) is 48.8 Å². The first-order valence-corrected chi connectivity index (χ1v) is 13.3. The minimum absolute atomic E-state index is 0.121. The molecular formula is C29H36O11. The summed E-state index contributed by atoms with van der Waals surface area (Å²) in [5, 5.41) is 43.0. The van der Waals surface area contributed by atoms with E-state index >= 15 is 0 Å². The largest absolute Gasteiger partial charge is 0.394 e. The molecule has 5 rings (SSSR count). The van der Waals surface area contributed by atoms with Crippen LogP contribution in [-0.4, -0.2) is 102 Å². The number of ether oxygens (including phenoxy) is 7. The van der Waals surface area contributed by atoms with E-state index in [-0.39, 0.29) is 19.8 Å². The Balaban J connectivity index is 1.27. The Kier molecular flexibility index (Phi) is 9.94. The van der Waals surface area contributed by atoms with E-state index in [1.165, 1.54) is 0 Å². The van der Waals surface area contributed by atoms with Gasteiger partial charge in [-0.15, -0.1) is 6.58 Å². The van der Waals surface area contributed by atoms with Gasteiger partial charge in [-0.2, -0.15) is 0 Å². The predicted molar refractivity (Wildman–Crippen MR) is 138 cm³/mol. The Bertz CT molecular complexity index is 1050. The highest BCUT2D eigenvalue weighted by Gasteiger charge is 2.53. The molecule has 11 atom stereocenters. The van der Waals surface area contributed by atoms with E-state index in [2.05, 4.69) is 6.58 Å². The van der Waals surface area contributed by atoms with E-state index in [4.69, 9.17) is 33.2 Å². The number of hydrogen-bond donors (Lipinski definition) is 4. The molecule has 0 aromatic heterocycles. The molecular weight excluding hydrogens is 524 g/mol. The third-order valence-corrected chi connectivity index (χ3v) is 7.15. The van der Waals surface area contributed by atoms with Gasteiger partial charge in [0.2, 0.25) is 0 Å². The Morgan fingerprint density at radius 3 is 2.25 bits per heavy atom. The number of aliphatic hydroxyl groups is 4. The van der Waals surface area contributed by atoms with Gasteiger partial charge in [0.05, 0.1) is 26.4 Å². The van der Waals surface area contributed by atoms with Crippen LogP contribution in [0.3, 0.4) is 0 Å². The zero-order chi connectivity index (χ0) is 28.1. The summed E-state index contributed by atoms with van der Waals surface area (Å²) in [5.74, 6) is 0. The Labute approximate surface area is 232 Å². The van der Waals surface area contributed by atoms with Crippen molar-refractivity contribution >= 4 is 0 Å². The zero-order valence-electron chi connectivity index (χ0n) is 21.9. The molecule has 0 spiro atoms. The second-order valence-corrected chi connectivity index (χ2v) is 9.90. The van der Waals surface area contributed by atoms with E-state index in [0.717, 1.165) is 11.1 Å². The minimum Gasteiger partial charge on any atom is -0.394 e. The summed E-state index contributed by atoms with van der Waals surface area (Å²) in [7, 11) is 0. The predicted octanol–water partition coefficient (Wildman–Crippen LogP) is 0.799. The molecule has 0 saturated carbocycles. The fraction of sp³-hybridized carbons (Fsp3) is 0.517. The highest BCUT2D eigenvalue weighted by molar-refractivity contribution is 5.17. The molecule has 3 aliphatic rings. The highest BCUT2D eigenvalue weighted by atomic mass is 16.8. The molecule has 0 radical (unpaired) electrons. The maximum Gasteiger partial charge on any atom is 0.187 e. The van der Waals surface area contributed by atoms with Crippen molar-refractivity contribution in [3.05, 3.63) is 84.4 Å². The smallest absolute Gasteiger partial charge is 0.187 e. The fourth-order valence-corrected chi connectivity index (χ4v) is 5.09. The number of hydrogen-bond acceptors (Lipinski definition) is 11. The van der Waals surface area contributed by atoms with Crippen molar-refractivity contribution < 1.29 is 53.6 Å². The molecule has 2 aromatic carbocycles. The topological polar surface area (TPSA) is 146 Å². The summed E-state index contributed by atoms with van der Waals surface area (Å²) in [4.78, 5) is 0. The molecule has 0 aliphatic carbocycles. The Morgan fingerprint density at radius 2 is 1.55 bits per heavy atom. The van der Waals surface area contributed by atoms with Crippen molar-refractivity contribution in [2.45, 2.75) is 74.3 Å². The third kappa shape index (κ3) is 6.46. The van der Waals surface area contributed by atoms with Gasteiger partial charge < -0.3 is 53.6 Å². The lowest BCUT2D eigenvalue weighted by Crippen LogP contribution is -2.66. The van der Waals surface area contributed by atoms with Crippen LogP contribution in [0.4, 0.5) is 0 Å². The standard InChI is InChI=1S/C29H36O11/c1-2-13-34-26-23(33)29(38-20-16-36-27(40-25(20)26)18-11-7-4-8-12-18)39-24-19(14-30)37-28(22(32)21(24)31)35-15-17-9-5-3-6-10-17/h2-12,19-33H,1,13-16H2/t19-,20-,21-,22-,23-,24-,25+,26-,27?,28+,29+/m1/s1. The van der Waals surface area contributed by atoms with Gasteiger partial charge in [-0.05, 0) is 5.56 Å². The van der Waals surface area contributed by atoms with Crippen molar-refractivity contribution in [3.63, 3.8) is 0 Å². The molecule has 0 bridgehead atoms. The van der Waals surface area contributed by atoms with Crippen LogP contribution in [0.5, 0.6) is 0 Å². The minimum atomic E-state index is -1.52. The fourth-order valence-electron chi connectivity index (χ4n) is 5.09. The van der Waals surface area contributed by atoms with Gasteiger partial charge in [-0.1, -0.05) is 66.7 Å². The summed E-state index contributed by atoms with van der Waals surface area (Å²) >= 11 is 0. The molecule has 218 valence electrons. The van der Waals surface area contributed by atoms with E-state index in [0.29, 0.717) is 0 Å². The Hall–Kier alpha value is -2.26. The van der Waals surface area contributed by atoms with Gasteiger partial charge in [-0.25, -0.2) is 0 Å². The average molecular weight is 561 g/mol. The van der Waals surface area contributed by atoms with Crippen LogP contribution in [0.15, 0.2) is 73.3 Å². The van der Waals surface area contributed by atoms with E-state index in [9.17, 15) is 20.4 Å². The van der Waals surface area contributed by atoms with Gasteiger partial charge in [0, 0.05) is 5.56 Å². The van der Waals surface area contributed by atoms with Crippen LogP contribution in [-0.2, 0) is 39.8 Å². The molecule has 1 unspecified atom stereocenters. The van der Waals surface area contributed by atoms with Gasteiger partial charge in [0.25, 0.3) is 0 Å². The molecule has 11 heteroatoms. The molecule has 3 aliphatic heterocycles. The summed E-state index contributed by atoms with van der Waals surface area (Å²) in [6, 6.07) is 18.6. The quantitative estimate of drug-likeness (QED) is 0.306. The summed E-state index contributed by atoms with van der Waals surface area (Å²) in [6.07, 6.45) is -10.6. The van der Waals surface area contributed by atoms with Crippen LogP contribution in [0.2, 0.25) is 0 Å². The first-order chi connectivity index (χ1) is 19.5. The first kappa shape index (κ1) is 29.2. The second-order valence-electron chi connectivity index (χ2n) is 9.90. The van der Waals surface area contributed by atoms with Crippen molar-refractivity contribution in [1.82, 2.24) is 0 Å². The monoisotopic (exact) mass is 560 g/mol. The van der Waals surface area contributed by atoms with Crippen LogP contribution in [0, 0.1) is 0 Å². The van der Waals surface area contributed by atoms with Gasteiger partial charge in [0.15, 0.2) is 18.9 Å². The van der Waals surface area contributed by atoms with E-state index in [1.807, 2.05) is 60.7 Å². The molecule has 4 N–H and O–H groups in total. The maximum atomic E-state index is 11.3. The highest BCUT2D eigenvalue weighted by Crippen LogP contribution is 2.37. The van der Waals surface area contributed by atoms with Crippen molar-refractivity contribution in [2.24, 2.45) is 0 Å². The van der Waals surface area contributed by atoms with E-state index < -0.39 is 74.3 Å². The number of rotatable bonds is 10. The molecule has 2 aromatic rings. The van der Waals surface area contributed by atoms with Crippen molar-refractivity contribution in [2.75, 3.05) is 19.8 Å². The molecule has 0 amide bonds. The first-order valence-electron chi connectivity index (χ1n) is 13.3. The summed E-state index contributed by atoms with van der Waals surface area (Å²) in [5.41, 5.74) is 1.65. The average Bonchev–Trinajstić information content (AvgIpc) is 2.99. The van der Waals surface area contributed by atoms with Crippen molar-refractivity contribution in [3.8, 4) is 0 Å². The zero-order valence-corrected chi connectivity index (χ0v) is 21.9. The van der Waals surface area contributed by atoms with Crippen LogP contribution in [0.1, 0.15) is 17.4 Å².